The van der Waals surface area contributed by atoms with Crippen molar-refractivity contribution >= 4 is 15.2 Å². The zero-order chi connectivity index (χ0) is 12.5. The molecule has 0 fully saturated rings. The number of nitrogens with one attached hydrogen (secondary N) is 1. The molecule has 94 valence electrons. The average molecular weight is 251 g/mol. The first kappa shape index (κ1) is 14.2. The largest absolute Gasteiger partial charge is 0.383 e. The van der Waals surface area contributed by atoms with Crippen molar-refractivity contribution in [3.05, 3.63) is 30.3 Å². The van der Waals surface area contributed by atoms with E-state index in [2.05, 4.69) is 24.4 Å². The number of hydrogen-bond acceptors (Lipinski definition) is 3. The quantitative estimate of drug-likeness (QED) is 0.569. The summed E-state index contributed by atoms with van der Waals surface area (Å²) in [7, 11) is 4.07. The number of anilines is 1. The third kappa shape index (κ3) is 5.86. The monoisotopic (exact) mass is 251 g/mol. The standard InChI is InChI=1S/C13H21NO2Si/c1-11(9-10-17-13(15-2)16-3)14-12-7-5-4-6-8-12/h4-8,11,13-14H,9-10H2,1-3H3. The molecule has 0 aliphatic heterocycles. The summed E-state index contributed by atoms with van der Waals surface area (Å²) in [6.07, 6.45) is 1.12. The highest BCUT2D eigenvalue weighted by Gasteiger charge is 2.08. The van der Waals surface area contributed by atoms with Crippen LogP contribution in [0.4, 0.5) is 5.69 Å². The van der Waals surface area contributed by atoms with Gasteiger partial charge >= 0.3 is 0 Å². The van der Waals surface area contributed by atoms with Gasteiger partial charge in [-0.3, -0.25) is 0 Å². The Bertz CT molecular complexity index is 291. The number of ether oxygens (including phenoxy) is 2. The van der Waals surface area contributed by atoms with Crippen molar-refractivity contribution in [1.82, 2.24) is 0 Å². The van der Waals surface area contributed by atoms with Crippen LogP contribution in [0, 0.1) is 0 Å². The highest BCUT2D eigenvalue weighted by Crippen LogP contribution is 2.10. The Labute approximate surface area is 106 Å². The van der Waals surface area contributed by atoms with Crippen molar-refractivity contribution in [1.29, 1.82) is 0 Å². The smallest absolute Gasteiger partial charge is 0.136 e. The van der Waals surface area contributed by atoms with Gasteiger partial charge in [0.15, 0.2) is 0 Å². The maximum atomic E-state index is 5.17. The van der Waals surface area contributed by atoms with E-state index < -0.39 is 0 Å². The highest BCUT2D eigenvalue weighted by atomic mass is 28.2. The van der Waals surface area contributed by atoms with Gasteiger partial charge in [0.1, 0.15) is 15.4 Å². The van der Waals surface area contributed by atoms with Crippen molar-refractivity contribution in [2.24, 2.45) is 0 Å². The van der Waals surface area contributed by atoms with Gasteiger partial charge in [-0.05, 0) is 25.5 Å². The van der Waals surface area contributed by atoms with E-state index in [1.54, 1.807) is 14.2 Å². The number of rotatable bonds is 8. The Morgan fingerprint density at radius 1 is 1.18 bits per heavy atom. The van der Waals surface area contributed by atoms with Crippen molar-refractivity contribution in [2.75, 3.05) is 19.5 Å². The van der Waals surface area contributed by atoms with E-state index in [0.29, 0.717) is 15.6 Å². The molecule has 0 aromatic heterocycles. The van der Waals surface area contributed by atoms with E-state index in [4.69, 9.17) is 9.47 Å². The zero-order valence-corrected chi connectivity index (χ0v) is 11.8. The average Bonchev–Trinajstić information content (AvgIpc) is 2.36. The molecule has 0 heterocycles. The second-order valence-corrected chi connectivity index (χ2v) is 5.34. The van der Waals surface area contributed by atoms with E-state index in [1.165, 1.54) is 5.69 Å². The van der Waals surface area contributed by atoms with Crippen molar-refractivity contribution in [2.45, 2.75) is 31.3 Å². The molecule has 0 aliphatic rings. The lowest BCUT2D eigenvalue weighted by atomic mass is 10.2. The van der Waals surface area contributed by atoms with Crippen LogP contribution in [-0.2, 0) is 9.47 Å². The Kier molecular flexibility index (Phi) is 6.92. The molecule has 0 aliphatic carbocycles. The van der Waals surface area contributed by atoms with Gasteiger partial charge in [-0.2, -0.15) is 0 Å². The molecule has 1 N–H and O–H groups in total. The third-order valence-corrected chi connectivity index (χ3v) is 3.89. The molecule has 1 aromatic carbocycles. The molecule has 3 nitrogen and oxygen atoms in total. The van der Waals surface area contributed by atoms with E-state index in [1.807, 2.05) is 18.2 Å². The summed E-state index contributed by atoms with van der Waals surface area (Å²) in [5.74, 6) is -0.0427. The maximum absolute atomic E-state index is 5.17. The molecule has 0 amide bonds. The fourth-order valence-electron chi connectivity index (χ4n) is 1.57. The number of methoxy groups -OCH3 is 2. The molecule has 17 heavy (non-hydrogen) atoms. The molecular formula is C13H21NO2Si. The van der Waals surface area contributed by atoms with Gasteiger partial charge in [-0.25, -0.2) is 0 Å². The van der Waals surface area contributed by atoms with Crippen molar-refractivity contribution in [3.8, 4) is 0 Å². The van der Waals surface area contributed by atoms with Gasteiger partial charge in [0.25, 0.3) is 0 Å². The summed E-state index contributed by atoms with van der Waals surface area (Å²) >= 11 is 0. The van der Waals surface area contributed by atoms with E-state index in [-0.39, 0.29) is 5.91 Å². The van der Waals surface area contributed by atoms with Gasteiger partial charge in [0, 0.05) is 25.9 Å². The van der Waals surface area contributed by atoms with E-state index >= 15 is 0 Å². The maximum Gasteiger partial charge on any atom is 0.136 e. The number of hydrogen-bond donors (Lipinski definition) is 1. The Morgan fingerprint density at radius 2 is 1.82 bits per heavy atom. The Morgan fingerprint density at radius 3 is 2.41 bits per heavy atom. The molecule has 0 bridgehead atoms. The van der Waals surface area contributed by atoms with Crippen molar-refractivity contribution < 1.29 is 9.47 Å². The van der Waals surface area contributed by atoms with Gasteiger partial charge in [0.05, 0.1) is 0 Å². The molecule has 0 saturated carbocycles. The van der Waals surface area contributed by atoms with Crippen LogP contribution in [0.2, 0.25) is 6.04 Å². The lowest BCUT2D eigenvalue weighted by molar-refractivity contribution is -0.0441. The van der Waals surface area contributed by atoms with Crippen LogP contribution in [0.5, 0.6) is 0 Å². The first-order valence-corrected chi connectivity index (χ1v) is 7.15. The molecule has 2 radical (unpaired) electrons. The highest BCUT2D eigenvalue weighted by molar-refractivity contribution is 6.36. The van der Waals surface area contributed by atoms with Gasteiger partial charge < -0.3 is 14.8 Å². The minimum absolute atomic E-state index is 0.0427. The topological polar surface area (TPSA) is 30.5 Å². The molecule has 1 rings (SSSR count). The minimum Gasteiger partial charge on any atom is -0.383 e. The van der Waals surface area contributed by atoms with E-state index in [0.717, 1.165) is 12.5 Å². The second kappa shape index (κ2) is 8.28. The zero-order valence-electron chi connectivity index (χ0n) is 10.8. The van der Waals surface area contributed by atoms with E-state index in [9.17, 15) is 0 Å². The normalized spacial score (nSPS) is 12.7. The summed E-state index contributed by atoms with van der Waals surface area (Å²) in [6, 6.07) is 11.9. The summed E-state index contributed by atoms with van der Waals surface area (Å²) in [4.78, 5) is 0. The van der Waals surface area contributed by atoms with Crippen molar-refractivity contribution in [3.63, 3.8) is 0 Å². The molecular weight excluding hydrogens is 230 g/mol. The second-order valence-electron chi connectivity index (χ2n) is 3.96. The predicted molar refractivity (Wildman–Crippen MR) is 72.5 cm³/mol. The summed E-state index contributed by atoms with van der Waals surface area (Å²) in [5, 5.41) is 3.47. The predicted octanol–water partition coefficient (Wildman–Crippen LogP) is 2.58. The summed E-state index contributed by atoms with van der Waals surface area (Å²) in [6.45, 7) is 2.20. The lowest BCUT2D eigenvalue weighted by Crippen LogP contribution is -2.23. The van der Waals surface area contributed by atoms with Gasteiger partial charge in [-0.15, -0.1) is 0 Å². The molecule has 0 saturated heterocycles. The molecule has 1 atom stereocenters. The van der Waals surface area contributed by atoms with Gasteiger partial charge in [-0.1, -0.05) is 24.2 Å². The fourth-order valence-corrected chi connectivity index (χ4v) is 2.74. The number of para-hydroxylation sites is 1. The van der Waals surface area contributed by atoms with Crippen LogP contribution in [-0.4, -0.2) is 35.7 Å². The molecule has 0 spiro atoms. The van der Waals surface area contributed by atoms with Crippen LogP contribution in [0.1, 0.15) is 13.3 Å². The minimum atomic E-state index is -0.0427. The lowest BCUT2D eigenvalue weighted by Gasteiger charge is -2.16. The van der Waals surface area contributed by atoms with Gasteiger partial charge in [0.2, 0.25) is 0 Å². The van der Waals surface area contributed by atoms with Crippen LogP contribution in [0.25, 0.3) is 0 Å². The van der Waals surface area contributed by atoms with Crippen LogP contribution >= 0.6 is 0 Å². The fraction of sp³-hybridized carbons (Fsp3) is 0.538. The molecule has 4 heteroatoms. The summed E-state index contributed by atoms with van der Waals surface area (Å²) in [5.41, 5.74) is 1.18. The summed E-state index contributed by atoms with van der Waals surface area (Å²) < 4.78 is 10.3. The SMILES string of the molecule is COC(OC)[Si]CCC(C)Nc1ccccc1. The Balaban J connectivity index is 2.19. The molecule has 1 unspecified atom stereocenters. The third-order valence-electron chi connectivity index (χ3n) is 2.50. The Hall–Kier alpha value is -0.843. The van der Waals surface area contributed by atoms with Crippen LogP contribution < -0.4 is 5.32 Å². The molecule has 1 aromatic rings. The first-order chi connectivity index (χ1) is 8.26. The number of benzene rings is 1. The van der Waals surface area contributed by atoms with Crippen LogP contribution in [0.3, 0.4) is 0 Å². The first-order valence-electron chi connectivity index (χ1n) is 5.87. The van der Waals surface area contributed by atoms with Crippen LogP contribution in [0.15, 0.2) is 30.3 Å².